The van der Waals surface area contributed by atoms with Gasteiger partial charge in [-0.05, 0) is 24.6 Å². The third kappa shape index (κ3) is 5.77. The van der Waals surface area contributed by atoms with Gasteiger partial charge in [-0.1, -0.05) is 23.2 Å². The van der Waals surface area contributed by atoms with Crippen molar-refractivity contribution in [2.75, 3.05) is 12.3 Å². The first kappa shape index (κ1) is 18.8. The number of hydrogen-bond acceptors (Lipinski definition) is 6. The van der Waals surface area contributed by atoms with E-state index in [9.17, 15) is 9.59 Å². The quantitative estimate of drug-likeness (QED) is 0.518. The molecular weight excluding hydrogens is 369 g/mol. The van der Waals surface area contributed by atoms with Crippen molar-refractivity contribution >= 4 is 40.8 Å². The lowest BCUT2D eigenvalue weighted by molar-refractivity contribution is -0.122. The summed E-state index contributed by atoms with van der Waals surface area (Å²) in [6, 6.07) is 4.87. The van der Waals surface area contributed by atoms with Gasteiger partial charge in [0.05, 0.1) is 11.6 Å². The van der Waals surface area contributed by atoms with Crippen LogP contribution in [0.25, 0.3) is 0 Å². The summed E-state index contributed by atoms with van der Waals surface area (Å²) < 4.78 is 5.46. The van der Waals surface area contributed by atoms with Crippen molar-refractivity contribution in [2.24, 2.45) is 0 Å². The number of nitrogens with two attached hydrogens (primary N) is 1. The molecule has 0 unspecified atom stereocenters. The Hall–Kier alpha value is -2.58. The van der Waals surface area contributed by atoms with Crippen LogP contribution >= 0.6 is 23.2 Å². The van der Waals surface area contributed by atoms with Crippen molar-refractivity contribution in [1.82, 2.24) is 20.8 Å². The Morgan fingerprint density at radius 2 is 1.92 bits per heavy atom. The maximum atomic E-state index is 11.8. The van der Waals surface area contributed by atoms with Gasteiger partial charge in [-0.2, -0.15) is 0 Å². The Kier molecular flexibility index (Phi) is 6.79. The number of hydrazine groups is 1. The average molecular weight is 384 g/mol. The van der Waals surface area contributed by atoms with Gasteiger partial charge in [-0.15, -0.1) is 0 Å². The molecule has 1 heterocycles. The highest BCUT2D eigenvalue weighted by molar-refractivity contribution is 6.35. The number of nitrogens with zero attached hydrogens (tertiary/aromatic N) is 2. The van der Waals surface area contributed by atoms with Crippen LogP contribution in [0.1, 0.15) is 23.3 Å². The largest absolute Gasteiger partial charge is 0.492 e. The fourth-order valence-electron chi connectivity index (χ4n) is 1.78. The van der Waals surface area contributed by atoms with Crippen LogP contribution in [0.5, 0.6) is 5.75 Å². The monoisotopic (exact) mass is 383 g/mol. The van der Waals surface area contributed by atoms with E-state index in [1.165, 1.54) is 12.4 Å². The molecule has 2 amide bonds. The third-order valence-corrected chi connectivity index (χ3v) is 3.49. The van der Waals surface area contributed by atoms with Crippen molar-refractivity contribution in [3.8, 4) is 5.75 Å². The maximum Gasteiger partial charge on any atom is 0.292 e. The first-order valence-electron chi connectivity index (χ1n) is 7.21. The van der Waals surface area contributed by atoms with Gasteiger partial charge in [0.1, 0.15) is 5.75 Å². The van der Waals surface area contributed by atoms with E-state index < -0.39 is 5.91 Å². The standard InChI is InChI=1S/C15H15Cl2N5O3/c16-9-3-4-11(10(17)8-9)25-7-1-2-12(23)21-22-15(24)13-14(18)20-6-5-19-13/h3-6,8H,1-2,7H2,(H2,18,20)(H,21,23)(H,22,24). The normalized spacial score (nSPS) is 10.2. The lowest BCUT2D eigenvalue weighted by Crippen LogP contribution is -2.42. The summed E-state index contributed by atoms with van der Waals surface area (Å²) in [6.07, 6.45) is 3.25. The predicted molar refractivity (Wildman–Crippen MR) is 93.2 cm³/mol. The van der Waals surface area contributed by atoms with Crippen LogP contribution in [0.2, 0.25) is 10.0 Å². The molecule has 25 heavy (non-hydrogen) atoms. The van der Waals surface area contributed by atoms with Crippen LogP contribution in [0.3, 0.4) is 0 Å². The molecule has 0 aliphatic rings. The number of anilines is 1. The number of benzene rings is 1. The van der Waals surface area contributed by atoms with Gasteiger partial charge in [-0.3, -0.25) is 20.4 Å². The minimum Gasteiger partial charge on any atom is -0.492 e. The summed E-state index contributed by atoms with van der Waals surface area (Å²) >= 11 is 11.8. The van der Waals surface area contributed by atoms with Crippen LogP contribution in [-0.4, -0.2) is 28.4 Å². The fraction of sp³-hybridized carbons (Fsp3) is 0.200. The molecule has 2 aromatic rings. The summed E-state index contributed by atoms with van der Waals surface area (Å²) in [4.78, 5) is 31.0. The zero-order valence-electron chi connectivity index (χ0n) is 13.0. The van der Waals surface area contributed by atoms with E-state index in [0.717, 1.165) is 0 Å². The van der Waals surface area contributed by atoms with Crippen LogP contribution < -0.4 is 21.3 Å². The minimum absolute atomic E-state index is 0.0255. The smallest absolute Gasteiger partial charge is 0.292 e. The highest BCUT2D eigenvalue weighted by Gasteiger charge is 2.12. The van der Waals surface area contributed by atoms with E-state index in [4.69, 9.17) is 33.7 Å². The number of aromatic nitrogens is 2. The van der Waals surface area contributed by atoms with E-state index in [0.29, 0.717) is 22.2 Å². The molecule has 2 rings (SSSR count). The molecule has 4 N–H and O–H groups in total. The van der Waals surface area contributed by atoms with Gasteiger partial charge in [0.15, 0.2) is 11.5 Å². The van der Waals surface area contributed by atoms with Gasteiger partial charge < -0.3 is 10.5 Å². The van der Waals surface area contributed by atoms with Crippen molar-refractivity contribution < 1.29 is 14.3 Å². The molecule has 0 bridgehead atoms. The van der Waals surface area contributed by atoms with E-state index in [1.54, 1.807) is 18.2 Å². The van der Waals surface area contributed by atoms with Gasteiger partial charge in [0, 0.05) is 23.8 Å². The molecule has 8 nitrogen and oxygen atoms in total. The minimum atomic E-state index is -0.650. The van der Waals surface area contributed by atoms with Crippen molar-refractivity contribution in [3.05, 3.63) is 46.3 Å². The molecule has 10 heteroatoms. The average Bonchev–Trinajstić information content (AvgIpc) is 2.58. The van der Waals surface area contributed by atoms with Gasteiger partial charge in [0.25, 0.3) is 5.91 Å². The number of rotatable bonds is 6. The number of carbonyl (C=O) groups excluding carboxylic acids is 2. The molecule has 1 aromatic heterocycles. The highest BCUT2D eigenvalue weighted by atomic mass is 35.5. The van der Waals surface area contributed by atoms with E-state index >= 15 is 0 Å². The van der Waals surface area contributed by atoms with Gasteiger partial charge in [0.2, 0.25) is 5.91 Å². The van der Waals surface area contributed by atoms with Crippen LogP contribution in [0.4, 0.5) is 5.82 Å². The molecule has 132 valence electrons. The molecule has 0 aliphatic heterocycles. The second-order valence-corrected chi connectivity index (χ2v) is 5.66. The molecule has 0 aliphatic carbocycles. The Balaban J connectivity index is 1.69. The SMILES string of the molecule is Nc1nccnc1C(=O)NNC(=O)CCCOc1ccc(Cl)cc1Cl. The third-order valence-electron chi connectivity index (χ3n) is 2.96. The van der Waals surface area contributed by atoms with E-state index in [-0.39, 0.29) is 30.4 Å². The van der Waals surface area contributed by atoms with E-state index in [1.807, 2.05) is 0 Å². The number of nitrogen functional groups attached to an aromatic ring is 1. The molecule has 1 aromatic carbocycles. The number of carbonyl (C=O) groups is 2. The second-order valence-electron chi connectivity index (χ2n) is 4.82. The summed E-state index contributed by atoms with van der Waals surface area (Å²) in [5.41, 5.74) is 9.93. The summed E-state index contributed by atoms with van der Waals surface area (Å²) in [7, 11) is 0. The molecule has 0 spiro atoms. The fourth-order valence-corrected chi connectivity index (χ4v) is 2.24. The van der Waals surface area contributed by atoms with Gasteiger partial charge in [-0.25, -0.2) is 9.97 Å². The lowest BCUT2D eigenvalue weighted by Gasteiger charge is -2.09. The van der Waals surface area contributed by atoms with Crippen LogP contribution in [0.15, 0.2) is 30.6 Å². The highest BCUT2D eigenvalue weighted by Crippen LogP contribution is 2.27. The Labute approximate surface area is 153 Å². The number of amides is 2. The zero-order chi connectivity index (χ0) is 18.2. The maximum absolute atomic E-state index is 11.8. The molecule has 0 fully saturated rings. The predicted octanol–water partition coefficient (Wildman–Crippen LogP) is 1.99. The molecule has 0 saturated carbocycles. The topological polar surface area (TPSA) is 119 Å². The van der Waals surface area contributed by atoms with Crippen LogP contribution in [-0.2, 0) is 4.79 Å². The molecular formula is C15H15Cl2N5O3. The first-order valence-corrected chi connectivity index (χ1v) is 7.96. The number of ether oxygens (including phenoxy) is 1. The molecule has 0 saturated heterocycles. The Morgan fingerprint density at radius 1 is 1.16 bits per heavy atom. The number of halogens is 2. The van der Waals surface area contributed by atoms with Gasteiger partial charge >= 0.3 is 0 Å². The number of hydrogen-bond donors (Lipinski definition) is 3. The zero-order valence-corrected chi connectivity index (χ0v) is 14.5. The van der Waals surface area contributed by atoms with Crippen molar-refractivity contribution in [2.45, 2.75) is 12.8 Å². The van der Waals surface area contributed by atoms with Crippen LogP contribution in [0, 0.1) is 0 Å². The lowest BCUT2D eigenvalue weighted by atomic mass is 10.3. The molecule has 0 radical (unpaired) electrons. The summed E-state index contributed by atoms with van der Waals surface area (Å²) in [5.74, 6) is -0.579. The Bertz CT molecular complexity index is 773. The number of nitrogens with one attached hydrogen (secondary N) is 2. The molecule has 0 atom stereocenters. The second kappa shape index (κ2) is 9.05. The summed E-state index contributed by atoms with van der Waals surface area (Å²) in [6.45, 7) is 0.278. The van der Waals surface area contributed by atoms with Crippen molar-refractivity contribution in [1.29, 1.82) is 0 Å². The first-order chi connectivity index (χ1) is 12.0. The Morgan fingerprint density at radius 3 is 2.64 bits per heavy atom. The summed E-state index contributed by atoms with van der Waals surface area (Å²) in [5, 5.41) is 0.905. The van der Waals surface area contributed by atoms with E-state index in [2.05, 4.69) is 20.8 Å². The van der Waals surface area contributed by atoms with Crippen molar-refractivity contribution in [3.63, 3.8) is 0 Å².